The van der Waals surface area contributed by atoms with Crippen LogP contribution in [0.25, 0.3) is 0 Å². The van der Waals surface area contributed by atoms with Crippen LogP contribution in [-0.4, -0.2) is 10.9 Å². The van der Waals surface area contributed by atoms with E-state index in [2.05, 4.69) is 10.3 Å². The number of anilines is 2. The van der Waals surface area contributed by atoms with Crippen LogP contribution in [-0.2, 0) is 0 Å². The van der Waals surface area contributed by atoms with E-state index in [1.807, 2.05) is 0 Å². The van der Waals surface area contributed by atoms with Crippen LogP contribution in [0.1, 0.15) is 10.4 Å². The summed E-state index contributed by atoms with van der Waals surface area (Å²) in [5, 5.41) is 2.27. The molecule has 4 nitrogen and oxygen atoms in total. The van der Waals surface area contributed by atoms with E-state index in [1.54, 1.807) is 0 Å². The average Bonchev–Trinajstić information content (AvgIpc) is 2.38. The lowest BCUT2D eigenvalue weighted by Gasteiger charge is -2.06. The highest BCUT2D eigenvalue weighted by Crippen LogP contribution is 2.18. The predicted molar refractivity (Wildman–Crippen MR) is 62.9 cm³/mol. The first-order chi connectivity index (χ1) is 8.97. The molecule has 0 fully saturated rings. The van der Waals surface area contributed by atoms with Gasteiger partial charge in [-0.25, -0.2) is 18.2 Å². The number of aromatic nitrogens is 1. The van der Waals surface area contributed by atoms with E-state index in [-0.39, 0.29) is 11.4 Å². The van der Waals surface area contributed by atoms with Crippen LogP contribution in [0.2, 0.25) is 0 Å². The Kier molecular flexibility index (Phi) is 3.37. The van der Waals surface area contributed by atoms with Gasteiger partial charge < -0.3 is 11.1 Å². The molecule has 0 atom stereocenters. The lowest BCUT2D eigenvalue weighted by molar-refractivity contribution is 0.102. The second kappa shape index (κ2) is 4.97. The number of benzene rings is 1. The molecular formula is C12H8F3N3O. The van der Waals surface area contributed by atoms with E-state index in [0.717, 1.165) is 24.4 Å². The van der Waals surface area contributed by atoms with E-state index in [0.29, 0.717) is 0 Å². The van der Waals surface area contributed by atoms with Gasteiger partial charge in [0.05, 0.1) is 6.20 Å². The van der Waals surface area contributed by atoms with Gasteiger partial charge in [0, 0.05) is 5.56 Å². The number of nitrogens with zero attached hydrogens (tertiary/aromatic N) is 1. The molecule has 0 aliphatic carbocycles. The van der Waals surface area contributed by atoms with Crippen molar-refractivity contribution in [2.24, 2.45) is 0 Å². The molecule has 1 aromatic carbocycles. The van der Waals surface area contributed by atoms with Crippen molar-refractivity contribution in [3.05, 3.63) is 53.5 Å². The van der Waals surface area contributed by atoms with Gasteiger partial charge in [-0.2, -0.15) is 0 Å². The van der Waals surface area contributed by atoms with Crippen molar-refractivity contribution in [1.29, 1.82) is 0 Å². The Bertz CT molecular complexity index is 606. The van der Waals surface area contributed by atoms with Crippen LogP contribution in [0, 0.1) is 17.5 Å². The average molecular weight is 267 g/mol. The lowest BCUT2D eigenvalue weighted by atomic mass is 10.1. The van der Waals surface area contributed by atoms with Gasteiger partial charge in [0.2, 0.25) is 0 Å². The third kappa shape index (κ3) is 2.82. The maximum Gasteiger partial charge on any atom is 0.257 e. The van der Waals surface area contributed by atoms with Crippen molar-refractivity contribution >= 4 is 17.4 Å². The SMILES string of the molecule is Nc1c(F)cc(C(=O)Nc2ccc(F)cn2)cc1F. The highest BCUT2D eigenvalue weighted by Gasteiger charge is 2.13. The summed E-state index contributed by atoms with van der Waals surface area (Å²) in [6, 6.07) is 3.92. The zero-order chi connectivity index (χ0) is 14.0. The standard InChI is InChI=1S/C12H8F3N3O/c13-7-1-2-10(17-5-7)18-12(19)6-3-8(14)11(16)9(15)4-6/h1-5H,16H2,(H,17,18,19). The van der Waals surface area contributed by atoms with E-state index in [1.165, 1.54) is 6.07 Å². The number of nitrogens with one attached hydrogen (secondary N) is 1. The van der Waals surface area contributed by atoms with Crippen molar-refractivity contribution in [3.63, 3.8) is 0 Å². The van der Waals surface area contributed by atoms with Gasteiger partial charge in [-0.1, -0.05) is 0 Å². The minimum Gasteiger partial charge on any atom is -0.394 e. The van der Waals surface area contributed by atoms with Crippen LogP contribution in [0.15, 0.2) is 30.5 Å². The summed E-state index contributed by atoms with van der Waals surface area (Å²) in [6.45, 7) is 0. The van der Waals surface area contributed by atoms with Gasteiger partial charge in [0.1, 0.15) is 29.0 Å². The van der Waals surface area contributed by atoms with E-state index < -0.39 is 29.0 Å². The van der Waals surface area contributed by atoms with Crippen LogP contribution < -0.4 is 11.1 Å². The fourth-order valence-electron chi connectivity index (χ4n) is 1.35. The third-order valence-corrected chi connectivity index (χ3v) is 2.31. The van der Waals surface area contributed by atoms with Crippen LogP contribution in [0.4, 0.5) is 24.7 Å². The Hall–Kier alpha value is -2.57. The van der Waals surface area contributed by atoms with Gasteiger partial charge in [0.15, 0.2) is 0 Å². The molecule has 2 aromatic rings. The van der Waals surface area contributed by atoms with Gasteiger partial charge in [-0.05, 0) is 24.3 Å². The van der Waals surface area contributed by atoms with Gasteiger partial charge >= 0.3 is 0 Å². The Morgan fingerprint density at radius 3 is 2.32 bits per heavy atom. The first-order valence-electron chi connectivity index (χ1n) is 5.15. The number of nitrogen functional groups attached to an aromatic ring is 1. The molecule has 1 heterocycles. The van der Waals surface area contributed by atoms with Crippen molar-refractivity contribution in [2.75, 3.05) is 11.1 Å². The Balaban J connectivity index is 2.23. The smallest absolute Gasteiger partial charge is 0.257 e. The normalized spacial score (nSPS) is 10.3. The van der Waals surface area contributed by atoms with Gasteiger partial charge in [0.25, 0.3) is 5.91 Å². The number of carbonyl (C=O) groups is 1. The minimum absolute atomic E-state index is 0.0593. The maximum absolute atomic E-state index is 13.2. The van der Waals surface area contributed by atoms with Crippen molar-refractivity contribution in [2.45, 2.75) is 0 Å². The van der Waals surface area contributed by atoms with Crippen LogP contribution >= 0.6 is 0 Å². The summed E-state index contributed by atoms with van der Waals surface area (Å²) in [5.74, 6) is -3.35. The first kappa shape index (κ1) is 12.9. The largest absolute Gasteiger partial charge is 0.394 e. The molecule has 2 rings (SSSR count). The summed E-state index contributed by atoms with van der Waals surface area (Å²) in [5.41, 5.74) is 4.17. The molecule has 0 unspecified atom stereocenters. The minimum atomic E-state index is -1.03. The lowest BCUT2D eigenvalue weighted by Crippen LogP contribution is -2.14. The van der Waals surface area contributed by atoms with Crippen LogP contribution in [0.5, 0.6) is 0 Å². The molecule has 0 bridgehead atoms. The molecule has 19 heavy (non-hydrogen) atoms. The number of carbonyl (C=O) groups excluding carboxylic acids is 1. The van der Waals surface area contributed by atoms with Crippen LogP contribution in [0.3, 0.4) is 0 Å². The highest BCUT2D eigenvalue weighted by molar-refractivity contribution is 6.03. The highest BCUT2D eigenvalue weighted by atomic mass is 19.1. The molecule has 1 amide bonds. The fraction of sp³-hybridized carbons (Fsp3) is 0. The zero-order valence-corrected chi connectivity index (χ0v) is 9.45. The summed E-state index contributed by atoms with van der Waals surface area (Å²) >= 11 is 0. The van der Waals surface area contributed by atoms with Crippen molar-refractivity contribution in [1.82, 2.24) is 4.98 Å². The summed E-state index contributed by atoms with van der Waals surface area (Å²) < 4.78 is 39.0. The fourth-order valence-corrected chi connectivity index (χ4v) is 1.35. The number of halogens is 3. The Labute approximate surface area is 106 Å². The Morgan fingerprint density at radius 1 is 1.16 bits per heavy atom. The second-order valence-electron chi connectivity index (χ2n) is 3.67. The Morgan fingerprint density at radius 2 is 1.79 bits per heavy atom. The maximum atomic E-state index is 13.2. The quantitative estimate of drug-likeness (QED) is 0.820. The van der Waals surface area contributed by atoms with E-state index in [9.17, 15) is 18.0 Å². The molecule has 0 saturated carbocycles. The number of rotatable bonds is 2. The van der Waals surface area contributed by atoms with Crippen molar-refractivity contribution in [3.8, 4) is 0 Å². The monoisotopic (exact) mass is 267 g/mol. The summed E-state index contributed by atoms with van der Waals surface area (Å²) in [7, 11) is 0. The predicted octanol–water partition coefficient (Wildman–Crippen LogP) is 2.33. The third-order valence-electron chi connectivity index (χ3n) is 2.31. The van der Waals surface area contributed by atoms with E-state index in [4.69, 9.17) is 5.73 Å². The summed E-state index contributed by atoms with van der Waals surface area (Å²) in [4.78, 5) is 15.3. The van der Waals surface area contributed by atoms with Gasteiger partial charge in [-0.3, -0.25) is 4.79 Å². The molecule has 98 valence electrons. The molecule has 0 aliphatic rings. The molecule has 0 radical (unpaired) electrons. The first-order valence-corrected chi connectivity index (χ1v) is 5.15. The molecule has 3 N–H and O–H groups in total. The summed E-state index contributed by atoms with van der Waals surface area (Å²) in [6.07, 6.45) is 0.903. The number of nitrogens with two attached hydrogens (primary N) is 1. The molecule has 7 heteroatoms. The molecule has 0 saturated heterocycles. The molecule has 0 spiro atoms. The number of hydrogen-bond donors (Lipinski definition) is 2. The second-order valence-corrected chi connectivity index (χ2v) is 3.67. The number of hydrogen-bond acceptors (Lipinski definition) is 3. The molecule has 0 aliphatic heterocycles. The molecule has 1 aromatic heterocycles. The number of pyridine rings is 1. The molecular weight excluding hydrogens is 259 g/mol. The van der Waals surface area contributed by atoms with Gasteiger partial charge in [-0.15, -0.1) is 0 Å². The van der Waals surface area contributed by atoms with Crippen molar-refractivity contribution < 1.29 is 18.0 Å². The zero-order valence-electron chi connectivity index (χ0n) is 9.45. The van der Waals surface area contributed by atoms with E-state index >= 15 is 0 Å². The topological polar surface area (TPSA) is 68.0 Å². The number of amides is 1.